The van der Waals surface area contributed by atoms with Crippen molar-refractivity contribution < 1.29 is 9.59 Å². The molecule has 0 aliphatic carbocycles. The minimum absolute atomic E-state index is 0.00153. The van der Waals surface area contributed by atoms with Gasteiger partial charge < -0.3 is 15.5 Å². The molecule has 0 radical (unpaired) electrons. The molecular weight excluding hydrogens is 266 g/mol. The molecule has 2 amide bonds. The van der Waals surface area contributed by atoms with Crippen molar-refractivity contribution >= 4 is 17.5 Å². The van der Waals surface area contributed by atoms with E-state index in [9.17, 15) is 9.59 Å². The average Bonchev–Trinajstić information content (AvgIpc) is 2.86. The number of nitrogens with zero attached hydrogens (tertiary/aromatic N) is 1. The van der Waals surface area contributed by atoms with E-state index >= 15 is 0 Å². The van der Waals surface area contributed by atoms with E-state index in [0.717, 1.165) is 37.3 Å². The average molecular weight is 287 g/mol. The molecule has 1 aromatic rings. The third-order valence-electron chi connectivity index (χ3n) is 4.28. The number of piperidine rings is 1. The highest BCUT2D eigenvalue weighted by molar-refractivity contribution is 6.01. The quantitative estimate of drug-likeness (QED) is 0.879. The lowest BCUT2D eigenvalue weighted by atomic mass is 9.97. The first kappa shape index (κ1) is 14.1. The standard InChI is InChI=1S/C16H21N3O2/c1-17-9-11-3-2-6-19(10-11)16(21)12-4-5-14-13(7-12)8-15(20)18-14/h4-5,7,11,17H,2-3,6,8-10H2,1H3,(H,18,20). The summed E-state index contributed by atoms with van der Waals surface area (Å²) in [6, 6.07) is 5.51. The Morgan fingerprint density at radius 2 is 2.33 bits per heavy atom. The van der Waals surface area contributed by atoms with Gasteiger partial charge in [-0.05, 0) is 56.1 Å². The summed E-state index contributed by atoms with van der Waals surface area (Å²) in [4.78, 5) is 26.0. The van der Waals surface area contributed by atoms with Crippen molar-refractivity contribution in [3.63, 3.8) is 0 Å². The van der Waals surface area contributed by atoms with E-state index in [4.69, 9.17) is 0 Å². The van der Waals surface area contributed by atoms with Gasteiger partial charge in [0, 0.05) is 24.3 Å². The van der Waals surface area contributed by atoms with E-state index < -0.39 is 0 Å². The van der Waals surface area contributed by atoms with Crippen LogP contribution < -0.4 is 10.6 Å². The number of amides is 2. The van der Waals surface area contributed by atoms with Crippen LogP contribution in [0.5, 0.6) is 0 Å². The number of benzene rings is 1. The van der Waals surface area contributed by atoms with Crippen LogP contribution in [0.2, 0.25) is 0 Å². The highest BCUT2D eigenvalue weighted by Gasteiger charge is 2.25. The first-order valence-corrected chi connectivity index (χ1v) is 7.54. The number of carbonyl (C=O) groups is 2. The summed E-state index contributed by atoms with van der Waals surface area (Å²) in [6.07, 6.45) is 2.61. The van der Waals surface area contributed by atoms with Gasteiger partial charge in [0.15, 0.2) is 0 Å². The van der Waals surface area contributed by atoms with Gasteiger partial charge in [-0.2, -0.15) is 0 Å². The third-order valence-corrected chi connectivity index (χ3v) is 4.28. The third kappa shape index (κ3) is 2.93. The van der Waals surface area contributed by atoms with Crippen molar-refractivity contribution in [3.05, 3.63) is 29.3 Å². The van der Waals surface area contributed by atoms with Crippen molar-refractivity contribution in [2.75, 3.05) is 32.0 Å². The molecule has 2 N–H and O–H groups in total. The molecule has 112 valence electrons. The number of carbonyl (C=O) groups excluding carboxylic acids is 2. The van der Waals surface area contributed by atoms with Gasteiger partial charge in [0.25, 0.3) is 5.91 Å². The van der Waals surface area contributed by atoms with E-state index in [0.29, 0.717) is 17.9 Å². The Hall–Kier alpha value is -1.88. The second-order valence-corrected chi connectivity index (χ2v) is 5.91. The first-order valence-electron chi connectivity index (χ1n) is 7.54. The van der Waals surface area contributed by atoms with Crippen molar-refractivity contribution in [2.24, 2.45) is 5.92 Å². The topological polar surface area (TPSA) is 61.4 Å². The van der Waals surface area contributed by atoms with Crippen LogP contribution in [0.3, 0.4) is 0 Å². The van der Waals surface area contributed by atoms with E-state index in [1.807, 2.05) is 30.1 Å². The number of fused-ring (bicyclic) bond motifs is 1. The number of hydrogen-bond donors (Lipinski definition) is 2. The largest absolute Gasteiger partial charge is 0.338 e. The smallest absolute Gasteiger partial charge is 0.253 e. The fourth-order valence-corrected chi connectivity index (χ4v) is 3.25. The SMILES string of the molecule is CNCC1CCCN(C(=O)c2ccc3c(c2)CC(=O)N3)C1. The Kier molecular flexibility index (Phi) is 3.92. The summed E-state index contributed by atoms with van der Waals surface area (Å²) in [5.41, 5.74) is 2.45. The maximum absolute atomic E-state index is 12.6. The summed E-state index contributed by atoms with van der Waals surface area (Å²) in [7, 11) is 1.95. The van der Waals surface area contributed by atoms with Crippen LogP contribution in [0.15, 0.2) is 18.2 Å². The fraction of sp³-hybridized carbons (Fsp3) is 0.500. The van der Waals surface area contributed by atoms with Gasteiger partial charge in [-0.1, -0.05) is 0 Å². The van der Waals surface area contributed by atoms with Gasteiger partial charge in [-0.15, -0.1) is 0 Å². The molecule has 0 spiro atoms. The fourth-order valence-electron chi connectivity index (χ4n) is 3.25. The summed E-state index contributed by atoms with van der Waals surface area (Å²) >= 11 is 0. The van der Waals surface area contributed by atoms with Crippen molar-refractivity contribution in [1.82, 2.24) is 10.2 Å². The van der Waals surface area contributed by atoms with Crippen molar-refractivity contribution in [3.8, 4) is 0 Å². The maximum atomic E-state index is 12.6. The molecular formula is C16H21N3O2. The number of rotatable bonds is 3. The van der Waals surface area contributed by atoms with Crippen LogP contribution in [0.1, 0.15) is 28.8 Å². The summed E-state index contributed by atoms with van der Waals surface area (Å²) < 4.78 is 0. The Bertz CT molecular complexity index is 569. The van der Waals surface area contributed by atoms with Crippen LogP contribution in [0, 0.1) is 5.92 Å². The van der Waals surface area contributed by atoms with E-state index in [1.54, 1.807) is 0 Å². The van der Waals surface area contributed by atoms with Gasteiger partial charge in [0.05, 0.1) is 6.42 Å². The van der Waals surface area contributed by atoms with E-state index in [1.165, 1.54) is 6.42 Å². The van der Waals surface area contributed by atoms with Gasteiger partial charge in [0.2, 0.25) is 5.91 Å². The molecule has 1 saturated heterocycles. The molecule has 1 aromatic carbocycles. The zero-order chi connectivity index (χ0) is 14.8. The summed E-state index contributed by atoms with van der Waals surface area (Å²) in [6.45, 7) is 2.59. The van der Waals surface area contributed by atoms with Crippen LogP contribution in [0.4, 0.5) is 5.69 Å². The molecule has 0 saturated carbocycles. The number of nitrogens with one attached hydrogen (secondary N) is 2. The Morgan fingerprint density at radius 3 is 3.14 bits per heavy atom. The summed E-state index contributed by atoms with van der Waals surface area (Å²) in [5, 5.41) is 5.99. The molecule has 3 rings (SSSR count). The molecule has 2 aliphatic rings. The minimum atomic E-state index is 0.00153. The first-order chi connectivity index (χ1) is 10.2. The molecule has 0 aromatic heterocycles. The number of hydrogen-bond acceptors (Lipinski definition) is 3. The van der Waals surface area contributed by atoms with Crippen molar-refractivity contribution in [1.29, 1.82) is 0 Å². The van der Waals surface area contributed by atoms with Crippen LogP contribution in [-0.2, 0) is 11.2 Å². The van der Waals surface area contributed by atoms with E-state index in [-0.39, 0.29) is 11.8 Å². The Morgan fingerprint density at radius 1 is 1.48 bits per heavy atom. The predicted octanol–water partition coefficient (Wildman–Crippen LogP) is 1.25. The van der Waals surface area contributed by atoms with Crippen LogP contribution in [-0.4, -0.2) is 43.4 Å². The lowest BCUT2D eigenvalue weighted by molar-refractivity contribution is -0.115. The lowest BCUT2D eigenvalue weighted by Gasteiger charge is -2.32. The van der Waals surface area contributed by atoms with Gasteiger partial charge >= 0.3 is 0 Å². The molecule has 1 unspecified atom stereocenters. The molecule has 5 nitrogen and oxygen atoms in total. The molecule has 21 heavy (non-hydrogen) atoms. The second kappa shape index (κ2) is 5.85. The van der Waals surface area contributed by atoms with Gasteiger partial charge in [-0.25, -0.2) is 0 Å². The number of anilines is 1. The van der Waals surface area contributed by atoms with Crippen LogP contribution >= 0.6 is 0 Å². The highest BCUT2D eigenvalue weighted by atomic mass is 16.2. The minimum Gasteiger partial charge on any atom is -0.338 e. The Labute approximate surface area is 124 Å². The number of likely N-dealkylation sites (tertiary alicyclic amines) is 1. The zero-order valence-corrected chi connectivity index (χ0v) is 12.3. The Balaban J connectivity index is 1.73. The predicted molar refractivity (Wildman–Crippen MR) is 81.3 cm³/mol. The summed E-state index contributed by atoms with van der Waals surface area (Å²) in [5.74, 6) is 0.616. The highest BCUT2D eigenvalue weighted by Crippen LogP contribution is 2.25. The monoisotopic (exact) mass is 287 g/mol. The van der Waals surface area contributed by atoms with E-state index in [2.05, 4.69) is 10.6 Å². The van der Waals surface area contributed by atoms with Gasteiger partial charge in [-0.3, -0.25) is 9.59 Å². The molecule has 1 fully saturated rings. The lowest BCUT2D eigenvalue weighted by Crippen LogP contribution is -2.42. The second-order valence-electron chi connectivity index (χ2n) is 5.91. The normalized spacial score (nSPS) is 21.1. The molecule has 1 atom stereocenters. The van der Waals surface area contributed by atoms with Gasteiger partial charge in [0.1, 0.15) is 0 Å². The molecule has 5 heteroatoms. The maximum Gasteiger partial charge on any atom is 0.253 e. The van der Waals surface area contributed by atoms with Crippen LogP contribution in [0.25, 0.3) is 0 Å². The molecule has 2 aliphatic heterocycles. The molecule has 2 heterocycles. The van der Waals surface area contributed by atoms with Crippen molar-refractivity contribution in [2.45, 2.75) is 19.3 Å². The zero-order valence-electron chi connectivity index (χ0n) is 12.3. The molecule has 0 bridgehead atoms.